The van der Waals surface area contributed by atoms with Gasteiger partial charge in [0.05, 0.1) is 12.7 Å². The van der Waals surface area contributed by atoms with E-state index in [4.69, 9.17) is 5.11 Å². The van der Waals surface area contributed by atoms with Gasteiger partial charge in [-0.1, -0.05) is 18.2 Å². The maximum Gasteiger partial charge on any atom is 0.262 e. The highest BCUT2D eigenvalue weighted by Gasteiger charge is 2.13. The van der Waals surface area contributed by atoms with Crippen LogP contribution in [0.25, 0.3) is 28.1 Å². The van der Waals surface area contributed by atoms with E-state index in [0.29, 0.717) is 5.69 Å². The number of fused-ring (bicyclic) bond motifs is 1. The molecule has 0 spiro atoms. The summed E-state index contributed by atoms with van der Waals surface area (Å²) in [4.78, 5) is 14.3. The Kier molecular flexibility index (Phi) is 6.75. The molecule has 0 fully saturated rings. The Morgan fingerprint density at radius 3 is 2.58 bits per heavy atom. The number of nitrogens with zero attached hydrogens (tertiary/aromatic N) is 3. The van der Waals surface area contributed by atoms with Crippen LogP contribution in [0.5, 0.6) is 0 Å². The minimum absolute atomic E-state index is 0.0763. The molecule has 0 aliphatic heterocycles. The zero-order valence-electron chi connectivity index (χ0n) is 17.8. The zero-order chi connectivity index (χ0) is 22.5. The number of carbonyl (C=O) groups is 1. The first kappa shape index (κ1) is 22.1. The number of nitrogens with one attached hydrogen (secondary N) is 1. The van der Waals surface area contributed by atoms with E-state index in [0.717, 1.165) is 27.7 Å². The van der Waals surface area contributed by atoms with Crippen molar-refractivity contribution in [2.45, 2.75) is 6.10 Å². The molecular weight excluding hydrogens is 392 g/mol. The molecule has 1 amide bonds. The summed E-state index contributed by atoms with van der Waals surface area (Å²) in [6.07, 6.45) is 0.446. The lowest BCUT2D eigenvalue weighted by Gasteiger charge is -2.13. The van der Waals surface area contributed by atoms with E-state index in [1.807, 2.05) is 43.9 Å². The number of hydrogen-bond acceptors (Lipinski definition) is 5. The summed E-state index contributed by atoms with van der Waals surface area (Å²) in [7, 11) is 5.90. The summed E-state index contributed by atoms with van der Waals surface area (Å²) in [5, 5.41) is 32.3. The molecule has 1 atom stereocenters. The highest BCUT2D eigenvalue weighted by Crippen LogP contribution is 2.28. The summed E-state index contributed by atoms with van der Waals surface area (Å²) in [5.41, 5.74) is 3.75. The van der Waals surface area contributed by atoms with E-state index in [1.165, 1.54) is 6.08 Å². The standard InChI is InChI=1S/C24H26N4O3/c1-27(2)20-7-6-16-10-18(5-4-17(16)11-20)23-9-8-21(28(23)3)12-19(13-25)24(31)26-14-22(30)15-29/h4-12,22,29-30H,14-15H2,1-3H3,(H,26,31)/b19-12+. The number of aliphatic hydroxyl groups excluding tert-OH is 2. The number of aromatic nitrogens is 1. The Morgan fingerprint density at radius 2 is 1.90 bits per heavy atom. The highest BCUT2D eigenvalue weighted by molar-refractivity contribution is 6.01. The van der Waals surface area contributed by atoms with E-state index in [1.54, 1.807) is 0 Å². The average Bonchev–Trinajstić information content (AvgIpc) is 3.14. The molecule has 160 valence electrons. The molecule has 0 aliphatic rings. The van der Waals surface area contributed by atoms with Crippen LogP contribution in [-0.2, 0) is 11.8 Å². The van der Waals surface area contributed by atoms with Crippen LogP contribution < -0.4 is 10.2 Å². The largest absolute Gasteiger partial charge is 0.394 e. The van der Waals surface area contributed by atoms with Gasteiger partial charge in [0.1, 0.15) is 11.6 Å². The molecule has 3 aromatic rings. The topological polar surface area (TPSA) is 102 Å². The molecule has 3 N–H and O–H groups in total. The van der Waals surface area contributed by atoms with Gasteiger partial charge >= 0.3 is 0 Å². The fourth-order valence-electron chi connectivity index (χ4n) is 3.30. The number of rotatable bonds is 7. The molecule has 0 aliphatic carbocycles. The van der Waals surface area contributed by atoms with Crippen molar-refractivity contribution >= 4 is 28.4 Å². The molecule has 2 aromatic carbocycles. The first-order valence-corrected chi connectivity index (χ1v) is 9.90. The second-order valence-corrected chi connectivity index (χ2v) is 7.56. The van der Waals surface area contributed by atoms with Crippen molar-refractivity contribution in [3.05, 3.63) is 59.8 Å². The Bertz CT molecular complexity index is 1170. The summed E-state index contributed by atoms with van der Waals surface area (Å²) < 4.78 is 1.92. The molecule has 0 saturated carbocycles. The van der Waals surface area contributed by atoms with Crippen molar-refractivity contribution in [1.29, 1.82) is 5.26 Å². The van der Waals surface area contributed by atoms with Gasteiger partial charge in [0.2, 0.25) is 0 Å². The SMILES string of the molecule is CN(C)c1ccc2cc(-c3ccc(/C=C(\C#N)C(=O)NCC(O)CO)n3C)ccc2c1. The maximum absolute atomic E-state index is 12.2. The van der Waals surface area contributed by atoms with Crippen LogP contribution in [0.2, 0.25) is 0 Å². The predicted molar refractivity (Wildman–Crippen MR) is 122 cm³/mol. The molecule has 1 heterocycles. The van der Waals surface area contributed by atoms with Gasteiger partial charge in [0.15, 0.2) is 0 Å². The molecule has 7 heteroatoms. The quantitative estimate of drug-likeness (QED) is 0.404. The third-order valence-corrected chi connectivity index (χ3v) is 5.16. The molecule has 1 aromatic heterocycles. The molecule has 0 radical (unpaired) electrons. The van der Waals surface area contributed by atoms with E-state index in [-0.39, 0.29) is 12.1 Å². The van der Waals surface area contributed by atoms with Crippen molar-refractivity contribution in [1.82, 2.24) is 9.88 Å². The minimum atomic E-state index is -1.06. The molecule has 3 rings (SSSR count). The van der Waals surface area contributed by atoms with Crippen LogP contribution in [0.4, 0.5) is 5.69 Å². The van der Waals surface area contributed by atoms with E-state index in [2.05, 4.69) is 46.6 Å². The Labute approximate surface area is 181 Å². The fraction of sp³-hybridized carbons (Fsp3) is 0.250. The monoisotopic (exact) mass is 418 g/mol. The van der Waals surface area contributed by atoms with Gasteiger partial charge in [-0.25, -0.2) is 0 Å². The number of amides is 1. The number of anilines is 1. The molecule has 7 nitrogen and oxygen atoms in total. The van der Waals surface area contributed by atoms with E-state index in [9.17, 15) is 15.2 Å². The van der Waals surface area contributed by atoms with Gasteiger partial charge < -0.3 is 25.0 Å². The highest BCUT2D eigenvalue weighted by atomic mass is 16.3. The minimum Gasteiger partial charge on any atom is -0.394 e. The maximum atomic E-state index is 12.2. The number of hydrogen-bond donors (Lipinski definition) is 3. The number of benzene rings is 2. The van der Waals surface area contributed by atoms with Crippen LogP contribution >= 0.6 is 0 Å². The van der Waals surface area contributed by atoms with Crippen LogP contribution in [0.15, 0.2) is 54.1 Å². The van der Waals surface area contributed by atoms with Gasteiger partial charge in [0.25, 0.3) is 5.91 Å². The smallest absolute Gasteiger partial charge is 0.262 e. The Hall–Kier alpha value is -3.60. The third kappa shape index (κ3) is 4.94. The first-order valence-electron chi connectivity index (χ1n) is 9.90. The number of aliphatic hydroxyl groups is 2. The van der Waals surface area contributed by atoms with Crippen molar-refractivity contribution in [3.8, 4) is 17.3 Å². The molecule has 1 unspecified atom stereocenters. The molecule has 31 heavy (non-hydrogen) atoms. The number of nitriles is 1. The predicted octanol–water partition coefficient (Wildman–Crippen LogP) is 2.29. The third-order valence-electron chi connectivity index (χ3n) is 5.16. The van der Waals surface area contributed by atoms with Crippen molar-refractivity contribution in [2.75, 3.05) is 32.1 Å². The summed E-state index contributed by atoms with van der Waals surface area (Å²) >= 11 is 0. The van der Waals surface area contributed by atoms with Crippen LogP contribution in [-0.4, -0.2) is 54.0 Å². The first-order chi connectivity index (χ1) is 14.8. The Balaban J connectivity index is 1.88. The lowest BCUT2D eigenvalue weighted by molar-refractivity contribution is -0.117. The Morgan fingerprint density at radius 1 is 1.19 bits per heavy atom. The van der Waals surface area contributed by atoms with E-state index >= 15 is 0 Å². The fourth-order valence-corrected chi connectivity index (χ4v) is 3.30. The van der Waals surface area contributed by atoms with Crippen LogP contribution in [0, 0.1) is 11.3 Å². The molecular formula is C24H26N4O3. The van der Waals surface area contributed by atoms with Gasteiger partial charge in [-0.2, -0.15) is 5.26 Å². The van der Waals surface area contributed by atoms with Gasteiger partial charge in [-0.3, -0.25) is 4.79 Å². The second-order valence-electron chi connectivity index (χ2n) is 7.56. The zero-order valence-corrected chi connectivity index (χ0v) is 17.8. The van der Waals surface area contributed by atoms with Crippen LogP contribution in [0.3, 0.4) is 0 Å². The molecule has 0 bridgehead atoms. The van der Waals surface area contributed by atoms with E-state index < -0.39 is 18.6 Å². The van der Waals surface area contributed by atoms with Gasteiger partial charge in [-0.15, -0.1) is 0 Å². The van der Waals surface area contributed by atoms with Crippen molar-refractivity contribution in [2.24, 2.45) is 7.05 Å². The van der Waals surface area contributed by atoms with Gasteiger partial charge in [0, 0.05) is 44.8 Å². The lowest BCUT2D eigenvalue weighted by atomic mass is 10.0. The van der Waals surface area contributed by atoms with Gasteiger partial charge in [-0.05, 0) is 52.7 Å². The van der Waals surface area contributed by atoms with Crippen LogP contribution in [0.1, 0.15) is 5.69 Å². The van der Waals surface area contributed by atoms with Crippen molar-refractivity contribution < 1.29 is 15.0 Å². The second kappa shape index (κ2) is 9.47. The summed E-state index contributed by atoms with van der Waals surface area (Å²) in [6, 6.07) is 18.3. The normalized spacial score (nSPS) is 12.5. The average molecular weight is 418 g/mol. The summed E-state index contributed by atoms with van der Waals surface area (Å²) in [5.74, 6) is -0.597. The van der Waals surface area contributed by atoms with Crippen molar-refractivity contribution in [3.63, 3.8) is 0 Å². The summed E-state index contributed by atoms with van der Waals surface area (Å²) in [6.45, 7) is -0.589. The number of carbonyl (C=O) groups excluding carboxylic acids is 1. The molecule has 0 saturated heterocycles. The lowest BCUT2D eigenvalue weighted by Crippen LogP contribution is -2.34.